The van der Waals surface area contributed by atoms with Gasteiger partial charge < -0.3 is 0 Å². The van der Waals surface area contributed by atoms with E-state index in [4.69, 9.17) is 0 Å². The SMILES string of the molecule is Cc1nn(C)c(C)c1C(=O)Cc1ccncc1. The lowest BCUT2D eigenvalue weighted by atomic mass is 10.0. The molecule has 4 heteroatoms. The molecule has 0 aliphatic carbocycles. The van der Waals surface area contributed by atoms with Gasteiger partial charge in [-0.2, -0.15) is 5.10 Å². The van der Waals surface area contributed by atoms with Crippen LogP contribution in [-0.4, -0.2) is 20.5 Å². The average Bonchev–Trinajstić information content (AvgIpc) is 2.54. The van der Waals surface area contributed by atoms with Gasteiger partial charge >= 0.3 is 0 Å². The second-order valence-corrected chi connectivity index (χ2v) is 4.12. The zero-order valence-corrected chi connectivity index (χ0v) is 10.3. The molecule has 2 aromatic rings. The van der Waals surface area contributed by atoms with Crippen LogP contribution < -0.4 is 0 Å². The molecule has 0 unspecified atom stereocenters. The third-order valence-corrected chi connectivity index (χ3v) is 2.90. The Hall–Kier alpha value is -1.97. The molecule has 0 aromatic carbocycles. The summed E-state index contributed by atoms with van der Waals surface area (Å²) in [5.41, 5.74) is 3.43. The number of carbonyl (C=O) groups excluding carboxylic acids is 1. The van der Waals surface area contributed by atoms with Crippen molar-refractivity contribution in [3.05, 3.63) is 47.0 Å². The third kappa shape index (κ3) is 2.25. The van der Waals surface area contributed by atoms with Crippen LogP contribution in [0, 0.1) is 13.8 Å². The van der Waals surface area contributed by atoms with Crippen LogP contribution in [0.5, 0.6) is 0 Å². The summed E-state index contributed by atoms with van der Waals surface area (Å²) in [6.07, 6.45) is 3.80. The molecule has 0 amide bonds. The minimum absolute atomic E-state index is 0.110. The highest BCUT2D eigenvalue weighted by Gasteiger charge is 2.17. The fourth-order valence-electron chi connectivity index (χ4n) is 1.95. The number of nitrogens with zero attached hydrogens (tertiary/aromatic N) is 3. The molecule has 0 radical (unpaired) electrons. The van der Waals surface area contributed by atoms with E-state index in [2.05, 4.69) is 10.1 Å². The van der Waals surface area contributed by atoms with Crippen LogP contribution in [0.1, 0.15) is 27.3 Å². The fraction of sp³-hybridized carbons (Fsp3) is 0.308. The van der Waals surface area contributed by atoms with Gasteiger partial charge in [-0.1, -0.05) is 0 Å². The topological polar surface area (TPSA) is 47.8 Å². The van der Waals surface area contributed by atoms with E-state index in [0.717, 1.165) is 22.5 Å². The number of carbonyl (C=O) groups is 1. The molecule has 0 atom stereocenters. The Morgan fingerprint density at radius 1 is 1.29 bits per heavy atom. The molecule has 0 aliphatic heterocycles. The Labute approximate surface area is 100 Å². The summed E-state index contributed by atoms with van der Waals surface area (Å²) >= 11 is 0. The molecule has 17 heavy (non-hydrogen) atoms. The van der Waals surface area contributed by atoms with Gasteiger partial charge in [-0.05, 0) is 31.5 Å². The molecule has 0 saturated carbocycles. The van der Waals surface area contributed by atoms with Crippen LogP contribution in [0.3, 0.4) is 0 Å². The van der Waals surface area contributed by atoms with Gasteiger partial charge in [0.15, 0.2) is 5.78 Å². The van der Waals surface area contributed by atoms with E-state index in [1.807, 2.05) is 33.0 Å². The maximum atomic E-state index is 12.2. The Balaban J connectivity index is 2.27. The summed E-state index contributed by atoms with van der Waals surface area (Å²) in [5, 5.41) is 4.26. The first-order chi connectivity index (χ1) is 8.09. The first kappa shape index (κ1) is 11.5. The molecule has 2 rings (SSSR count). The standard InChI is InChI=1S/C13H15N3O/c1-9-13(10(2)16(3)15-9)12(17)8-11-4-6-14-7-5-11/h4-7H,8H2,1-3H3. The average molecular weight is 229 g/mol. The zero-order valence-electron chi connectivity index (χ0n) is 10.3. The highest BCUT2D eigenvalue weighted by atomic mass is 16.1. The van der Waals surface area contributed by atoms with Crippen molar-refractivity contribution >= 4 is 5.78 Å². The van der Waals surface area contributed by atoms with Gasteiger partial charge in [0.1, 0.15) is 0 Å². The molecular weight excluding hydrogens is 214 g/mol. The van der Waals surface area contributed by atoms with Crippen LogP contribution in [0.2, 0.25) is 0 Å². The summed E-state index contributed by atoms with van der Waals surface area (Å²) in [6, 6.07) is 3.72. The predicted molar refractivity (Wildman–Crippen MR) is 65.0 cm³/mol. The summed E-state index contributed by atoms with van der Waals surface area (Å²) in [4.78, 5) is 16.1. The number of pyridine rings is 1. The maximum absolute atomic E-state index is 12.2. The molecule has 88 valence electrons. The van der Waals surface area contributed by atoms with E-state index in [1.165, 1.54) is 0 Å². The van der Waals surface area contributed by atoms with E-state index in [-0.39, 0.29) is 5.78 Å². The zero-order chi connectivity index (χ0) is 12.4. The van der Waals surface area contributed by atoms with Gasteiger partial charge in [-0.25, -0.2) is 0 Å². The molecular formula is C13H15N3O. The van der Waals surface area contributed by atoms with Gasteiger partial charge in [0.2, 0.25) is 0 Å². The van der Waals surface area contributed by atoms with E-state index >= 15 is 0 Å². The summed E-state index contributed by atoms with van der Waals surface area (Å²) < 4.78 is 1.75. The van der Waals surface area contributed by atoms with Crippen molar-refractivity contribution in [3.8, 4) is 0 Å². The van der Waals surface area contributed by atoms with Gasteiger partial charge in [0.25, 0.3) is 0 Å². The van der Waals surface area contributed by atoms with E-state index in [0.29, 0.717) is 6.42 Å². The predicted octanol–water partition coefficient (Wildman–Crippen LogP) is 1.86. The number of Topliss-reactive ketones (excluding diaryl/α,β-unsaturated/α-hetero) is 1. The number of rotatable bonds is 3. The first-order valence-corrected chi connectivity index (χ1v) is 5.52. The molecule has 2 aromatic heterocycles. The van der Waals surface area contributed by atoms with Crippen molar-refractivity contribution in [1.82, 2.24) is 14.8 Å². The van der Waals surface area contributed by atoms with E-state index in [9.17, 15) is 4.79 Å². The normalized spacial score (nSPS) is 10.5. The second kappa shape index (κ2) is 4.49. The molecule has 0 N–H and O–H groups in total. The van der Waals surface area contributed by atoms with Crippen LogP contribution in [0.4, 0.5) is 0 Å². The van der Waals surface area contributed by atoms with Crippen molar-refractivity contribution < 1.29 is 4.79 Å². The smallest absolute Gasteiger partial charge is 0.170 e. The molecule has 0 fully saturated rings. The van der Waals surface area contributed by atoms with Crippen LogP contribution in [0.15, 0.2) is 24.5 Å². The Morgan fingerprint density at radius 3 is 2.47 bits per heavy atom. The highest BCUT2D eigenvalue weighted by Crippen LogP contribution is 2.15. The number of hydrogen-bond acceptors (Lipinski definition) is 3. The van der Waals surface area contributed by atoms with Crippen LogP contribution >= 0.6 is 0 Å². The lowest BCUT2D eigenvalue weighted by Crippen LogP contribution is -2.06. The van der Waals surface area contributed by atoms with E-state index < -0.39 is 0 Å². The van der Waals surface area contributed by atoms with E-state index in [1.54, 1.807) is 17.1 Å². The van der Waals surface area contributed by atoms with Crippen molar-refractivity contribution in [3.63, 3.8) is 0 Å². The third-order valence-electron chi connectivity index (χ3n) is 2.90. The summed E-state index contributed by atoms with van der Waals surface area (Å²) in [6.45, 7) is 3.78. The molecule has 0 saturated heterocycles. The van der Waals surface area contributed by atoms with Gasteiger partial charge in [-0.3, -0.25) is 14.5 Å². The van der Waals surface area contributed by atoms with Crippen LogP contribution in [-0.2, 0) is 13.5 Å². The minimum atomic E-state index is 0.110. The van der Waals surface area contributed by atoms with Gasteiger partial charge in [0, 0.05) is 31.6 Å². The van der Waals surface area contributed by atoms with Crippen molar-refractivity contribution in [2.45, 2.75) is 20.3 Å². The first-order valence-electron chi connectivity index (χ1n) is 5.52. The Bertz CT molecular complexity index is 543. The lowest BCUT2D eigenvalue weighted by molar-refractivity contribution is 0.0991. The monoisotopic (exact) mass is 229 g/mol. The molecule has 0 bridgehead atoms. The summed E-state index contributed by atoms with van der Waals surface area (Å²) in [7, 11) is 1.85. The molecule has 0 spiro atoms. The largest absolute Gasteiger partial charge is 0.294 e. The Kier molecular flexibility index (Phi) is 3.04. The van der Waals surface area contributed by atoms with Gasteiger partial charge in [-0.15, -0.1) is 0 Å². The Morgan fingerprint density at radius 2 is 1.94 bits per heavy atom. The molecule has 2 heterocycles. The number of aryl methyl sites for hydroxylation is 2. The highest BCUT2D eigenvalue weighted by molar-refractivity contribution is 5.99. The van der Waals surface area contributed by atoms with Crippen molar-refractivity contribution in [2.24, 2.45) is 7.05 Å². The summed E-state index contributed by atoms with van der Waals surface area (Å²) in [5.74, 6) is 0.110. The molecule has 0 aliphatic rings. The molecule has 4 nitrogen and oxygen atoms in total. The van der Waals surface area contributed by atoms with Crippen molar-refractivity contribution in [1.29, 1.82) is 0 Å². The fourth-order valence-corrected chi connectivity index (χ4v) is 1.95. The minimum Gasteiger partial charge on any atom is -0.294 e. The van der Waals surface area contributed by atoms with Gasteiger partial charge in [0.05, 0.1) is 11.3 Å². The maximum Gasteiger partial charge on any atom is 0.170 e. The quantitative estimate of drug-likeness (QED) is 0.755. The number of hydrogen-bond donors (Lipinski definition) is 0. The number of ketones is 1. The van der Waals surface area contributed by atoms with Crippen LogP contribution in [0.25, 0.3) is 0 Å². The number of aromatic nitrogens is 3. The lowest BCUT2D eigenvalue weighted by Gasteiger charge is -2.01. The van der Waals surface area contributed by atoms with Crippen molar-refractivity contribution in [2.75, 3.05) is 0 Å². The second-order valence-electron chi connectivity index (χ2n) is 4.12.